The first-order valence-corrected chi connectivity index (χ1v) is 9.15. The van der Waals surface area contributed by atoms with Crippen LogP contribution in [0.15, 0.2) is 29.2 Å². The van der Waals surface area contributed by atoms with Gasteiger partial charge in [0, 0.05) is 30.2 Å². The van der Waals surface area contributed by atoms with Crippen molar-refractivity contribution < 1.29 is 9.59 Å². The Morgan fingerprint density at radius 2 is 1.96 bits per heavy atom. The number of urea groups is 1. The van der Waals surface area contributed by atoms with Crippen molar-refractivity contribution in [3.8, 4) is 0 Å². The van der Waals surface area contributed by atoms with E-state index in [4.69, 9.17) is 0 Å². The van der Waals surface area contributed by atoms with E-state index in [9.17, 15) is 9.59 Å². The summed E-state index contributed by atoms with van der Waals surface area (Å²) >= 11 is 1.66. The molecular formula is C17H25N3O2S. The second-order valence-electron chi connectivity index (χ2n) is 6.21. The van der Waals surface area contributed by atoms with Crippen LogP contribution in [0.1, 0.15) is 20.8 Å². The van der Waals surface area contributed by atoms with Gasteiger partial charge in [0.15, 0.2) is 0 Å². The topological polar surface area (TPSA) is 52.7 Å². The van der Waals surface area contributed by atoms with Crippen LogP contribution < -0.4 is 5.32 Å². The standard InChI is InChI=1S/C17H25N3O2S/c1-12(2)11-19-9-10-20(13(3)16(19)21)17(22)18-14-5-7-15(23-4)8-6-14/h5-8,12-13H,9-11H2,1-4H3,(H,18,22)/t13-/m0/s1. The highest BCUT2D eigenvalue weighted by atomic mass is 32.2. The van der Waals surface area contributed by atoms with E-state index in [1.165, 1.54) is 0 Å². The molecule has 126 valence electrons. The van der Waals surface area contributed by atoms with E-state index < -0.39 is 6.04 Å². The SMILES string of the molecule is CSc1ccc(NC(=O)N2CCN(CC(C)C)C(=O)[C@@H]2C)cc1. The summed E-state index contributed by atoms with van der Waals surface area (Å²) < 4.78 is 0. The van der Waals surface area contributed by atoms with Crippen LogP contribution in [0, 0.1) is 5.92 Å². The molecule has 0 aliphatic carbocycles. The van der Waals surface area contributed by atoms with E-state index in [2.05, 4.69) is 19.2 Å². The van der Waals surface area contributed by atoms with Gasteiger partial charge in [-0.2, -0.15) is 0 Å². The molecule has 1 atom stereocenters. The van der Waals surface area contributed by atoms with Crippen molar-refractivity contribution in [1.82, 2.24) is 9.80 Å². The quantitative estimate of drug-likeness (QED) is 0.860. The van der Waals surface area contributed by atoms with Crippen LogP contribution in [-0.2, 0) is 4.79 Å². The highest BCUT2D eigenvalue weighted by Crippen LogP contribution is 2.19. The molecular weight excluding hydrogens is 310 g/mol. The van der Waals surface area contributed by atoms with Crippen molar-refractivity contribution in [2.45, 2.75) is 31.7 Å². The maximum Gasteiger partial charge on any atom is 0.322 e. The van der Waals surface area contributed by atoms with Crippen LogP contribution in [0.5, 0.6) is 0 Å². The molecule has 1 saturated heterocycles. The summed E-state index contributed by atoms with van der Waals surface area (Å²) in [5, 5.41) is 2.88. The average Bonchev–Trinajstić information content (AvgIpc) is 2.52. The van der Waals surface area contributed by atoms with Gasteiger partial charge in [-0.15, -0.1) is 11.8 Å². The predicted octanol–water partition coefficient (Wildman–Crippen LogP) is 3.13. The smallest absolute Gasteiger partial charge is 0.322 e. The number of anilines is 1. The van der Waals surface area contributed by atoms with Gasteiger partial charge in [-0.3, -0.25) is 4.79 Å². The van der Waals surface area contributed by atoms with Gasteiger partial charge in [0.25, 0.3) is 0 Å². The normalized spacial score (nSPS) is 18.5. The van der Waals surface area contributed by atoms with Crippen LogP contribution >= 0.6 is 11.8 Å². The average molecular weight is 335 g/mol. The first-order valence-electron chi connectivity index (χ1n) is 7.93. The number of hydrogen-bond donors (Lipinski definition) is 1. The fraction of sp³-hybridized carbons (Fsp3) is 0.529. The van der Waals surface area contributed by atoms with Crippen molar-refractivity contribution in [1.29, 1.82) is 0 Å². The summed E-state index contributed by atoms with van der Waals surface area (Å²) in [6, 6.07) is 7.06. The minimum atomic E-state index is -0.423. The monoisotopic (exact) mass is 335 g/mol. The van der Waals surface area contributed by atoms with Crippen molar-refractivity contribution >= 4 is 29.4 Å². The summed E-state index contributed by atoms with van der Waals surface area (Å²) in [6.45, 7) is 7.89. The molecule has 1 aromatic carbocycles. The van der Waals surface area contributed by atoms with Crippen molar-refractivity contribution in [2.75, 3.05) is 31.2 Å². The molecule has 0 unspecified atom stereocenters. The summed E-state index contributed by atoms with van der Waals surface area (Å²) in [7, 11) is 0. The molecule has 6 heteroatoms. The predicted molar refractivity (Wildman–Crippen MR) is 94.8 cm³/mol. The molecule has 1 fully saturated rings. The number of thioether (sulfide) groups is 1. The van der Waals surface area contributed by atoms with Gasteiger partial charge in [0.1, 0.15) is 6.04 Å². The molecule has 0 bridgehead atoms. The number of nitrogens with zero attached hydrogens (tertiary/aromatic N) is 2. The first-order chi connectivity index (χ1) is 10.9. The van der Waals surface area contributed by atoms with Gasteiger partial charge < -0.3 is 15.1 Å². The molecule has 1 aliphatic rings. The minimum absolute atomic E-state index is 0.0258. The molecule has 1 heterocycles. The largest absolute Gasteiger partial charge is 0.339 e. The van der Waals surface area contributed by atoms with E-state index in [-0.39, 0.29) is 11.9 Å². The van der Waals surface area contributed by atoms with Gasteiger partial charge in [-0.25, -0.2) is 4.79 Å². The fourth-order valence-corrected chi connectivity index (χ4v) is 3.11. The lowest BCUT2D eigenvalue weighted by Gasteiger charge is -2.39. The molecule has 1 N–H and O–H groups in total. The molecule has 0 aromatic heterocycles. The van der Waals surface area contributed by atoms with E-state index in [0.29, 0.717) is 19.0 Å². The zero-order chi connectivity index (χ0) is 17.0. The lowest BCUT2D eigenvalue weighted by molar-refractivity contribution is -0.139. The maximum absolute atomic E-state index is 12.4. The number of carbonyl (C=O) groups is 2. The number of carbonyl (C=O) groups excluding carboxylic acids is 2. The highest BCUT2D eigenvalue weighted by Gasteiger charge is 2.34. The van der Waals surface area contributed by atoms with Gasteiger partial charge in [0.2, 0.25) is 5.91 Å². The van der Waals surface area contributed by atoms with Crippen LogP contribution in [0.4, 0.5) is 10.5 Å². The second kappa shape index (κ2) is 7.73. The van der Waals surface area contributed by atoms with Crippen LogP contribution in [0.25, 0.3) is 0 Å². The number of benzene rings is 1. The zero-order valence-electron chi connectivity index (χ0n) is 14.2. The Hall–Kier alpha value is -1.69. The maximum atomic E-state index is 12.4. The Bertz CT molecular complexity index is 559. The Balaban J connectivity index is 1.98. The number of hydrogen-bond acceptors (Lipinski definition) is 3. The van der Waals surface area contributed by atoms with Gasteiger partial charge in [-0.05, 0) is 43.4 Å². The minimum Gasteiger partial charge on any atom is -0.339 e. The van der Waals surface area contributed by atoms with Gasteiger partial charge >= 0.3 is 6.03 Å². The summed E-state index contributed by atoms with van der Waals surface area (Å²) in [6.07, 6.45) is 2.01. The number of piperazine rings is 1. The molecule has 0 spiro atoms. The van der Waals surface area contributed by atoms with Gasteiger partial charge in [0.05, 0.1) is 0 Å². The van der Waals surface area contributed by atoms with Crippen LogP contribution in [0.2, 0.25) is 0 Å². The third-order valence-corrected chi connectivity index (χ3v) is 4.68. The Morgan fingerprint density at radius 1 is 1.30 bits per heavy atom. The third-order valence-electron chi connectivity index (χ3n) is 3.94. The Labute approximate surface area is 142 Å². The molecule has 2 rings (SSSR count). The van der Waals surface area contributed by atoms with E-state index >= 15 is 0 Å². The molecule has 1 aromatic rings. The Morgan fingerprint density at radius 3 is 2.52 bits per heavy atom. The van der Waals surface area contributed by atoms with Crippen molar-refractivity contribution in [3.05, 3.63) is 24.3 Å². The third kappa shape index (κ3) is 4.41. The van der Waals surface area contributed by atoms with E-state index in [0.717, 1.165) is 17.1 Å². The summed E-state index contributed by atoms with van der Waals surface area (Å²) in [4.78, 5) is 29.5. The van der Waals surface area contributed by atoms with Crippen molar-refractivity contribution in [2.24, 2.45) is 5.92 Å². The van der Waals surface area contributed by atoms with Crippen LogP contribution in [-0.4, -0.2) is 53.7 Å². The molecule has 1 aliphatic heterocycles. The van der Waals surface area contributed by atoms with Gasteiger partial charge in [-0.1, -0.05) is 13.8 Å². The van der Waals surface area contributed by atoms with E-state index in [1.807, 2.05) is 35.4 Å². The molecule has 23 heavy (non-hydrogen) atoms. The summed E-state index contributed by atoms with van der Waals surface area (Å²) in [5.74, 6) is 0.458. The zero-order valence-corrected chi connectivity index (χ0v) is 15.0. The summed E-state index contributed by atoms with van der Waals surface area (Å²) in [5.41, 5.74) is 0.747. The van der Waals surface area contributed by atoms with E-state index in [1.54, 1.807) is 23.6 Å². The number of rotatable bonds is 4. The molecule has 0 saturated carbocycles. The highest BCUT2D eigenvalue weighted by molar-refractivity contribution is 7.98. The molecule has 0 radical (unpaired) electrons. The Kier molecular flexibility index (Phi) is 5.93. The number of nitrogens with one attached hydrogen (secondary N) is 1. The molecule has 3 amide bonds. The van der Waals surface area contributed by atoms with Crippen LogP contribution in [0.3, 0.4) is 0 Å². The second-order valence-corrected chi connectivity index (χ2v) is 7.09. The lowest BCUT2D eigenvalue weighted by Crippen LogP contribution is -2.58. The van der Waals surface area contributed by atoms with Crippen molar-refractivity contribution in [3.63, 3.8) is 0 Å². The molecule has 5 nitrogen and oxygen atoms in total. The number of amides is 3. The lowest BCUT2D eigenvalue weighted by atomic mass is 10.1. The first kappa shape index (κ1) is 17.7. The fourth-order valence-electron chi connectivity index (χ4n) is 2.70.